The summed E-state index contributed by atoms with van der Waals surface area (Å²) in [4.78, 5) is 22.9. The zero-order chi connectivity index (χ0) is 15.7. The number of carbonyl (C=O) groups is 2. The van der Waals surface area contributed by atoms with Crippen LogP contribution in [0.25, 0.3) is 0 Å². The molecule has 0 unspecified atom stereocenters. The van der Waals surface area contributed by atoms with Crippen molar-refractivity contribution < 1.29 is 23.8 Å². The van der Waals surface area contributed by atoms with Gasteiger partial charge in [-0.15, -0.1) is 0 Å². The Hall–Kier alpha value is -2.39. The van der Waals surface area contributed by atoms with Crippen LogP contribution in [0.15, 0.2) is 18.2 Å². The molecule has 0 aliphatic carbocycles. The van der Waals surface area contributed by atoms with E-state index in [1.54, 1.807) is 6.92 Å². The highest BCUT2D eigenvalue weighted by atomic mass is 19.1. The first-order valence-electron chi connectivity index (χ1n) is 6.41. The third-order valence-electron chi connectivity index (χ3n) is 2.38. The van der Waals surface area contributed by atoms with Crippen molar-refractivity contribution in [1.29, 1.82) is 0 Å². The Bertz CT molecular complexity index is 575. The molecule has 0 fully saturated rings. The van der Waals surface area contributed by atoms with Crippen molar-refractivity contribution >= 4 is 11.9 Å². The smallest absolute Gasteiger partial charge is 0.325 e. The lowest BCUT2D eigenvalue weighted by Crippen LogP contribution is -2.31. The van der Waals surface area contributed by atoms with E-state index >= 15 is 0 Å². The van der Waals surface area contributed by atoms with Crippen molar-refractivity contribution in [2.75, 3.05) is 19.8 Å². The molecule has 6 heteroatoms. The van der Waals surface area contributed by atoms with Gasteiger partial charge in [0.1, 0.15) is 12.4 Å². The predicted octanol–water partition coefficient (Wildman–Crippen LogP) is 0.852. The molecule has 1 amide bonds. The number of nitrogens with one attached hydrogen (secondary N) is 1. The van der Waals surface area contributed by atoms with Gasteiger partial charge in [0.15, 0.2) is 0 Å². The van der Waals surface area contributed by atoms with E-state index in [0.29, 0.717) is 12.0 Å². The summed E-state index contributed by atoms with van der Waals surface area (Å²) in [7, 11) is 0. The van der Waals surface area contributed by atoms with Gasteiger partial charge in [0.05, 0.1) is 18.8 Å². The number of hydrogen-bond donors (Lipinski definition) is 2. The molecular weight excluding hydrogens is 277 g/mol. The highest BCUT2D eigenvalue weighted by Gasteiger charge is 2.13. The fourth-order valence-corrected chi connectivity index (χ4v) is 1.46. The highest BCUT2D eigenvalue weighted by Crippen LogP contribution is 2.10. The summed E-state index contributed by atoms with van der Waals surface area (Å²) in [5, 5.41) is 10.9. The van der Waals surface area contributed by atoms with Gasteiger partial charge in [-0.1, -0.05) is 11.8 Å². The average Bonchev–Trinajstić information content (AvgIpc) is 2.47. The minimum Gasteiger partial charge on any atom is -0.465 e. The summed E-state index contributed by atoms with van der Waals surface area (Å²) < 4.78 is 18.3. The number of carbonyl (C=O) groups excluding carboxylic acids is 2. The molecule has 0 aliphatic rings. The molecule has 0 aromatic heterocycles. The topological polar surface area (TPSA) is 75.6 Å². The first-order valence-corrected chi connectivity index (χ1v) is 6.41. The number of halogens is 1. The SMILES string of the molecule is CCOC(=O)CNC(=O)c1cc(C#CCCO)ccc1F. The predicted molar refractivity (Wildman–Crippen MR) is 73.9 cm³/mol. The summed E-state index contributed by atoms with van der Waals surface area (Å²) in [5.41, 5.74) is 0.251. The Morgan fingerprint density at radius 1 is 1.43 bits per heavy atom. The number of benzene rings is 1. The van der Waals surface area contributed by atoms with Gasteiger partial charge in [0, 0.05) is 12.0 Å². The van der Waals surface area contributed by atoms with Crippen molar-refractivity contribution in [3.05, 3.63) is 35.1 Å². The van der Waals surface area contributed by atoms with Crippen LogP contribution in [0.2, 0.25) is 0 Å². The Kier molecular flexibility index (Phi) is 6.92. The van der Waals surface area contributed by atoms with E-state index in [0.717, 1.165) is 6.07 Å². The van der Waals surface area contributed by atoms with Crippen LogP contribution in [0.1, 0.15) is 29.3 Å². The monoisotopic (exact) mass is 293 g/mol. The van der Waals surface area contributed by atoms with Crippen molar-refractivity contribution in [3.8, 4) is 11.8 Å². The first kappa shape index (κ1) is 16.7. The van der Waals surface area contributed by atoms with Crippen LogP contribution in [-0.4, -0.2) is 36.7 Å². The zero-order valence-electron chi connectivity index (χ0n) is 11.6. The molecular formula is C15H16FNO4. The van der Waals surface area contributed by atoms with E-state index in [-0.39, 0.29) is 25.3 Å². The van der Waals surface area contributed by atoms with Crippen molar-refractivity contribution in [3.63, 3.8) is 0 Å². The highest BCUT2D eigenvalue weighted by molar-refractivity contribution is 5.96. The molecule has 1 aromatic carbocycles. The van der Waals surface area contributed by atoms with Crippen LogP contribution in [0.3, 0.4) is 0 Å². The van der Waals surface area contributed by atoms with Gasteiger partial charge in [-0.2, -0.15) is 0 Å². The number of hydrogen-bond acceptors (Lipinski definition) is 4. The van der Waals surface area contributed by atoms with Crippen LogP contribution < -0.4 is 5.32 Å². The molecule has 0 aliphatic heterocycles. The minimum atomic E-state index is -0.716. The lowest BCUT2D eigenvalue weighted by molar-refractivity contribution is -0.141. The number of ether oxygens (including phenoxy) is 1. The summed E-state index contributed by atoms with van der Waals surface area (Å²) in [6.45, 7) is 1.46. The quantitative estimate of drug-likeness (QED) is 0.623. The van der Waals surface area contributed by atoms with Gasteiger partial charge in [0.2, 0.25) is 0 Å². The van der Waals surface area contributed by atoms with Gasteiger partial charge in [-0.05, 0) is 25.1 Å². The summed E-state index contributed by atoms with van der Waals surface area (Å²) in [6.07, 6.45) is 0.293. The minimum absolute atomic E-state index is 0.0684. The summed E-state index contributed by atoms with van der Waals surface area (Å²) in [5.74, 6) is 3.37. The normalized spacial score (nSPS) is 9.48. The lowest BCUT2D eigenvalue weighted by atomic mass is 10.1. The standard InChI is InChI=1S/C15H16FNO4/c1-2-21-14(19)10-17-15(20)12-9-11(5-3-4-8-18)6-7-13(12)16/h6-7,9,18H,2,4,8,10H2,1H3,(H,17,20). The van der Waals surface area contributed by atoms with Crippen LogP contribution in [0.5, 0.6) is 0 Å². The fourth-order valence-electron chi connectivity index (χ4n) is 1.46. The molecule has 0 saturated carbocycles. The number of rotatable bonds is 5. The van der Waals surface area contributed by atoms with Crippen LogP contribution in [0.4, 0.5) is 4.39 Å². The van der Waals surface area contributed by atoms with E-state index in [2.05, 4.69) is 21.9 Å². The molecule has 0 heterocycles. The zero-order valence-corrected chi connectivity index (χ0v) is 11.6. The van der Waals surface area contributed by atoms with Crippen molar-refractivity contribution in [2.45, 2.75) is 13.3 Å². The molecule has 0 bridgehead atoms. The molecule has 0 atom stereocenters. The van der Waals surface area contributed by atoms with Gasteiger partial charge < -0.3 is 15.2 Å². The molecule has 0 spiro atoms. The molecule has 1 aromatic rings. The van der Waals surface area contributed by atoms with Crippen molar-refractivity contribution in [2.24, 2.45) is 0 Å². The van der Waals surface area contributed by atoms with Crippen LogP contribution in [-0.2, 0) is 9.53 Å². The molecule has 1 rings (SSSR count). The average molecular weight is 293 g/mol. The molecule has 5 nitrogen and oxygen atoms in total. The van der Waals surface area contributed by atoms with Crippen LogP contribution >= 0.6 is 0 Å². The maximum atomic E-state index is 13.6. The second kappa shape index (κ2) is 8.72. The van der Waals surface area contributed by atoms with E-state index < -0.39 is 17.7 Å². The van der Waals surface area contributed by atoms with Crippen LogP contribution in [0, 0.1) is 17.7 Å². The fraction of sp³-hybridized carbons (Fsp3) is 0.333. The Labute approximate surface area is 122 Å². The third-order valence-corrected chi connectivity index (χ3v) is 2.38. The van der Waals surface area contributed by atoms with E-state index in [9.17, 15) is 14.0 Å². The number of aliphatic hydroxyl groups excluding tert-OH is 1. The molecule has 21 heavy (non-hydrogen) atoms. The Balaban J connectivity index is 2.77. The number of amides is 1. The largest absolute Gasteiger partial charge is 0.465 e. The Morgan fingerprint density at radius 3 is 2.86 bits per heavy atom. The van der Waals surface area contributed by atoms with Gasteiger partial charge in [-0.3, -0.25) is 9.59 Å². The van der Waals surface area contributed by atoms with E-state index in [4.69, 9.17) is 5.11 Å². The van der Waals surface area contributed by atoms with Gasteiger partial charge in [0.25, 0.3) is 5.91 Å². The van der Waals surface area contributed by atoms with Crippen molar-refractivity contribution in [1.82, 2.24) is 5.32 Å². The molecule has 2 N–H and O–H groups in total. The summed E-state index contributed by atoms with van der Waals surface area (Å²) >= 11 is 0. The van der Waals surface area contributed by atoms with Gasteiger partial charge in [-0.25, -0.2) is 4.39 Å². The maximum absolute atomic E-state index is 13.6. The van der Waals surface area contributed by atoms with Gasteiger partial charge >= 0.3 is 5.97 Å². The second-order valence-electron chi connectivity index (χ2n) is 3.96. The molecule has 112 valence electrons. The Morgan fingerprint density at radius 2 is 2.19 bits per heavy atom. The first-order chi connectivity index (χ1) is 10.1. The number of esters is 1. The van der Waals surface area contributed by atoms with E-state index in [1.165, 1.54) is 12.1 Å². The maximum Gasteiger partial charge on any atom is 0.325 e. The molecule has 0 radical (unpaired) electrons. The molecule has 0 saturated heterocycles. The number of aliphatic hydroxyl groups is 1. The summed E-state index contributed by atoms with van der Waals surface area (Å²) in [6, 6.07) is 3.85. The second-order valence-corrected chi connectivity index (χ2v) is 3.96. The lowest BCUT2D eigenvalue weighted by Gasteiger charge is -2.06. The third kappa shape index (κ3) is 5.63. The van der Waals surface area contributed by atoms with E-state index in [1.807, 2.05) is 0 Å².